The van der Waals surface area contributed by atoms with Gasteiger partial charge in [0.2, 0.25) is 0 Å². The second kappa shape index (κ2) is 5.69. The molecule has 1 saturated heterocycles. The van der Waals surface area contributed by atoms with Gasteiger partial charge in [-0.1, -0.05) is 13.8 Å². The molecular formula is C14H24N2O. The van der Waals surface area contributed by atoms with Gasteiger partial charge in [0.15, 0.2) is 0 Å². The Morgan fingerprint density at radius 3 is 2.65 bits per heavy atom. The minimum atomic E-state index is 0.568. The Hall–Kier alpha value is -0.800. The summed E-state index contributed by atoms with van der Waals surface area (Å²) in [5.41, 5.74) is 6.67. The fourth-order valence-electron chi connectivity index (χ4n) is 2.61. The summed E-state index contributed by atoms with van der Waals surface area (Å²) in [4.78, 5) is 2.48. The monoisotopic (exact) mass is 236 g/mol. The van der Waals surface area contributed by atoms with E-state index in [-0.39, 0.29) is 0 Å². The van der Waals surface area contributed by atoms with Crippen LogP contribution in [-0.2, 0) is 13.1 Å². The van der Waals surface area contributed by atoms with Crippen LogP contribution < -0.4 is 5.73 Å². The van der Waals surface area contributed by atoms with Gasteiger partial charge in [0, 0.05) is 12.1 Å². The molecule has 3 heteroatoms. The number of nitrogens with two attached hydrogens (primary N) is 1. The third-order valence-corrected chi connectivity index (χ3v) is 3.90. The Morgan fingerprint density at radius 1 is 1.41 bits per heavy atom. The number of hydrogen-bond donors (Lipinski definition) is 1. The van der Waals surface area contributed by atoms with E-state index in [1.54, 1.807) is 6.26 Å². The molecule has 96 valence electrons. The van der Waals surface area contributed by atoms with Gasteiger partial charge >= 0.3 is 0 Å². The highest BCUT2D eigenvalue weighted by atomic mass is 16.3. The van der Waals surface area contributed by atoms with Gasteiger partial charge in [-0.05, 0) is 43.8 Å². The van der Waals surface area contributed by atoms with Gasteiger partial charge in [-0.2, -0.15) is 0 Å². The largest absolute Gasteiger partial charge is 0.468 e. The van der Waals surface area contributed by atoms with Gasteiger partial charge in [-0.25, -0.2) is 0 Å². The minimum Gasteiger partial charge on any atom is -0.468 e. The maximum atomic E-state index is 5.57. The lowest BCUT2D eigenvalue weighted by molar-refractivity contribution is 0.144. The van der Waals surface area contributed by atoms with Gasteiger partial charge in [0.05, 0.1) is 12.8 Å². The lowest BCUT2D eigenvalue weighted by Gasteiger charge is -2.33. The number of likely N-dealkylation sites (tertiary alicyclic amines) is 1. The molecule has 0 atom stereocenters. The van der Waals surface area contributed by atoms with E-state index in [1.165, 1.54) is 25.9 Å². The zero-order chi connectivity index (χ0) is 12.3. The van der Waals surface area contributed by atoms with Gasteiger partial charge < -0.3 is 10.2 Å². The third kappa shape index (κ3) is 3.33. The molecule has 0 aliphatic carbocycles. The van der Waals surface area contributed by atoms with Crippen molar-refractivity contribution >= 4 is 0 Å². The van der Waals surface area contributed by atoms with E-state index in [2.05, 4.69) is 24.8 Å². The zero-order valence-corrected chi connectivity index (χ0v) is 11.0. The van der Waals surface area contributed by atoms with E-state index < -0.39 is 0 Å². The summed E-state index contributed by atoms with van der Waals surface area (Å²) in [6.45, 7) is 8.56. The van der Waals surface area contributed by atoms with Crippen LogP contribution in [0.5, 0.6) is 0 Å². The number of furan rings is 1. The van der Waals surface area contributed by atoms with E-state index in [1.807, 2.05) is 0 Å². The maximum Gasteiger partial charge on any atom is 0.118 e. The molecule has 0 amide bonds. The topological polar surface area (TPSA) is 42.4 Å². The van der Waals surface area contributed by atoms with Crippen LogP contribution in [0.3, 0.4) is 0 Å². The van der Waals surface area contributed by atoms with Crippen LogP contribution in [-0.4, -0.2) is 18.0 Å². The molecular weight excluding hydrogens is 212 g/mol. The van der Waals surface area contributed by atoms with Gasteiger partial charge in [-0.15, -0.1) is 0 Å². The van der Waals surface area contributed by atoms with Crippen molar-refractivity contribution in [1.29, 1.82) is 0 Å². The molecule has 0 spiro atoms. The second-order valence-corrected chi connectivity index (χ2v) is 5.48. The summed E-state index contributed by atoms with van der Waals surface area (Å²) >= 11 is 0. The molecule has 17 heavy (non-hydrogen) atoms. The van der Waals surface area contributed by atoms with Gasteiger partial charge in [0.25, 0.3) is 0 Å². The Bertz CT molecular complexity index is 338. The predicted octanol–water partition coefficient (Wildman–Crippen LogP) is 2.61. The molecule has 0 bridgehead atoms. The van der Waals surface area contributed by atoms with Crippen molar-refractivity contribution in [2.75, 3.05) is 13.1 Å². The van der Waals surface area contributed by atoms with Crippen molar-refractivity contribution in [3.63, 3.8) is 0 Å². The highest BCUT2D eigenvalue weighted by molar-refractivity contribution is 5.12. The van der Waals surface area contributed by atoms with Crippen molar-refractivity contribution in [3.8, 4) is 0 Å². The highest BCUT2D eigenvalue weighted by Crippen LogP contribution is 2.25. The number of piperidine rings is 1. The second-order valence-electron chi connectivity index (χ2n) is 5.48. The van der Waals surface area contributed by atoms with Crippen LogP contribution in [0.15, 0.2) is 16.7 Å². The van der Waals surface area contributed by atoms with Crippen LogP contribution in [0.4, 0.5) is 0 Å². The minimum absolute atomic E-state index is 0.568. The molecule has 0 saturated carbocycles. The fourth-order valence-corrected chi connectivity index (χ4v) is 2.61. The zero-order valence-electron chi connectivity index (χ0n) is 11.0. The normalized spacial score (nSPS) is 19.1. The molecule has 2 rings (SSSR count). The number of nitrogens with zero attached hydrogens (tertiary/aromatic N) is 1. The summed E-state index contributed by atoms with van der Waals surface area (Å²) < 4.78 is 5.51. The van der Waals surface area contributed by atoms with Crippen LogP contribution in [0.1, 0.15) is 38.0 Å². The quantitative estimate of drug-likeness (QED) is 0.873. The molecule has 0 radical (unpaired) electrons. The first-order chi connectivity index (χ1) is 8.19. The van der Waals surface area contributed by atoms with Crippen molar-refractivity contribution in [1.82, 2.24) is 4.90 Å². The lowest BCUT2D eigenvalue weighted by atomic mass is 9.87. The highest BCUT2D eigenvalue weighted by Gasteiger charge is 2.21. The average molecular weight is 236 g/mol. The molecule has 1 aliphatic rings. The van der Waals surface area contributed by atoms with Gasteiger partial charge in [-0.3, -0.25) is 4.90 Å². The van der Waals surface area contributed by atoms with E-state index in [0.29, 0.717) is 6.54 Å². The first-order valence-electron chi connectivity index (χ1n) is 6.67. The SMILES string of the molecule is CC(C)C1CCN(Cc2cc(CN)co2)CC1. The first-order valence-corrected chi connectivity index (χ1v) is 6.67. The molecule has 2 N–H and O–H groups in total. The third-order valence-electron chi connectivity index (χ3n) is 3.90. The molecule has 1 aromatic heterocycles. The molecule has 1 fully saturated rings. The maximum absolute atomic E-state index is 5.57. The molecule has 1 aromatic rings. The summed E-state index contributed by atoms with van der Waals surface area (Å²) in [6.07, 6.45) is 4.42. The average Bonchev–Trinajstić information content (AvgIpc) is 2.77. The van der Waals surface area contributed by atoms with E-state index in [0.717, 1.165) is 29.7 Å². The van der Waals surface area contributed by atoms with Crippen molar-refractivity contribution in [3.05, 3.63) is 23.7 Å². The van der Waals surface area contributed by atoms with Crippen LogP contribution in [0.25, 0.3) is 0 Å². The predicted molar refractivity (Wildman–Crippen MR) is 69.4 cm³/mol. The number of hydrogen-bond acceptors (Lipinski definition) is 3. The Kier molecular flexibility index (Phi) is 4.24. The fraction of sp³-hybridized carbons (Fsp3) is 0.714. The molecule has 1 aliphatic heterocycles. The molecule has 3 nitrogen and oxygen atoms in total. The van der Waals surface area contributed by atoms with Crippen LogP contribution >= 0.6 is 0 Å². The van der Waals surface area contributed by atoms with Crippen LogP contribution in [0, 0.1) is 11.8 Å². The molecule has 0 unspecified atom stereocenters. The van der Waals surface area contributed by atoms with Crippen molar-refractivity contribution < 1.29 is 4.42 Å². The van der Waals surface area contributed by atoms with E-state index >= 15 is 0 Å². The van der Waals surface area contributed by atoms with Crippen LogP contribution in [0.2, 0.25) is 0 Å². The summed E-state index contributed by atoms with van der Waals surface area (Å²) in [5.74, 6) is 2.78. The Morgan fingerprint density at radius 2 is 2.12 bits per heavy atom. The lowest BCUT2D eigenvalue weighted by Crippen LogP contribution is -2.34. The smallest absolute Gasteiger partial charge is 0.118 e. The summed E-state index contributed by atoms with van der Waals surface area (Å²) in [6, 6.07) is 2.08. The van der Waals surface area contributed by atoms with Crippen molar-refractivity contribution in [2.45, 2.75) is 39.8 Å². The van der Waals surface area contributed by atoms with E-state index in [4.69, 9.17) is 10.2 Å². The number of rotatable bonds is 4. The Labute approximate surface area is 104 Å². The summed E-state index contributed by atoms with van der Waals surface area (Å²) in [5, 5.41) is 0. The summed E-state index contributed by atoms with van der Waals surface area (Å²) in [7, 11) is 0. The Balaban J connectivity index is 1.81. The molecule has 0 aromatic carbocycles. The standard InChI is InChI=1S/C14H24N2O/c1-11(2)13-3-5-16(6-4-13)9-14-7-12(8-15)10-17-14/h7,10-11,13H,3-6,8-9,15H2,1-2H3. The first kappa shape index (κ1) is 12.7. The van der Waals surface area contributed by atoms with E-state index in [9.17, 15) is 0 Å². The van der Waals surface area contributed by atoms with Gasteiger partial charge in [0.1, 0.15) is 5.76 Å². The van der Waals surface area contributed by atoms with Crippen molar-refractivity contribution in [2.24, 2.45) is 17.6 Å². The molecule has 2 heterocycles.